The van der Waals surface area contributed by atoms with Gasteiger partial charge in [0.1, 0.15) is 11.6 Å². The molecule has 4 rings (SSSR count). The molecule has 3 heterocycles. The minimum atomic E-state index is -0.236. The Labute approximate surface area is 164 Å². The molecule has 1 unspecified atom stereocenters. The van der Waals surface area contributed by atoms with E-state index >= 15 is 0 Å². The summed E-state index contributed by atoms with van der Waals surface area (Å²) in [7, 11) is 0. The van der Waals surface area contributed by atoms with Crippen molar-refractivity contribution >= 4 is 17.6 Å². The summed E-state index contributed by atoms with van der Waals surface area (Å²) in [4.78, 5) is 30.8. The van der Waals surface area contributed by atoms with Crippen LogP contribution in [0.4, 0.5) is 5.82 Å². The number of ether oxygens (including phenoxy) is 1. The average Bonchev–Trinajstić information content (AvgIpc) is 3.21. The number of anilines is 1. The van der Waals surface area contributed by atoms with E-state index in [0.29, 0.717) is 18.9 Å². The van der Waals surface area contributed by atoms with E-state index in [4.69, 9.17) is 4.74 Å². The fourth-order valence-corrected chi connectivity index (χ4v) is 3.76. The fraction of sp³-hybridized carbons (Fsp3) is 0.318. The number of fused-ring (bicyclic) bond motifs is 1. The molecule has 2 aromatic rings. The van der Waals surface area contributed by atoms with Crippen LogP contribution >= 0.6 is 0 Å². The Morgan fingerprint density at radius 3 is 3.04 bits per heavy atom. The number of hydrogen-bond acceptors (Lipinski definition) is 4. The van der Waals surface area contributed by atoms with E-state index in [-0.39, 0.29) is 17.7 Å². The third kappa shape index (κ3) is 3.76. The van der Waals surface area contributed by atoms with E-state index in [9.17, 15) is 9.59 Å². The van der Waals surface area contributed by atoms with Gasteiger partial charge in [0, 0.05) is 25.1 Å². The molecule has 1 aromatic carbocycles. The standard InChI is InChI=1S/C22H23N3O3/c1-2-21(26)25-11-4-5-17(14-25)22(27)24-20-7-3-6-18(23-20)15-8-9-19-16(13-15)10-12-28-19/h2-3,6-9,13,17H,1,4-5,10-12,14H2,(H,23,24,27). The maximum atomic E-state index is 12.7. The first kappa shape index (κ1) is 18.2. The largest absolute Gasteiger partial charge is 0.493 e. The second-order valence-electron chi connectivity index (χ2n) is 7.15. The zero-order chi connectivity index (χ0) is 19.5. The zero-order valence-electron chi connectivity index (χ0n) is 15.7. The van der Waals surface area contributed by atoms with Crippen LogP contribution in [0.3, 0.4) is 0 Å². The van der Waals surface area contributed by atoms with Crippen molar-refractivity contribution in [3.8, 4) is 17.0 Å². The number of benzene rings is 1. The predicted octanol–water partition coefficient (Wildman–Crippen LogP) is 3.05. The molecule has 144 valence electrons. The third-order valence-electron chi connectivity index (χ3n) is 5.26. The molecule has 2 aliphatic heterocycles. The van der Waals surface area contributed by atoms with Crippen molar-refractivity contribution in [1.82, 2.24) is 9.88 Å². The SMILES string of the molecule is C=CC(=O)N1CCCC(C(=O)Nc2cccc(-c3ccc4c(c3)CCO4)n2)C1. The lowest BCUT2D eigenvalue weighted by Gasteiger charge is -2.31. The zero-order valence-corrected chi connectivity index (χ0v) is 15.7. The summed E-state index contributed by atoms with van der Waals surface area (Å²) in [5, 5.41) is 2.91. The first-order chi connectivity index (χ1) is 13.6. The van der Waals surface area contributed by atoms with Gasteiger partial charge in [-0.25, -0.2) is 4.98 Å². The van der Waals surface area contributed by atoms with Crippen molar-refractivity contribution in [1.29, 1.82) is 0 Å². The van der Waals surface area contributed by atoms with Crippen molar-refractivity contribution < 1.29 is 14.3 Å². The normalized spacial score (nSPS) is 18.1. The van der Waals surface area contributed by atoms with Crippen molar-refractivity contribution in [2.24, 2.45) is 5.92 Å². The van der Waals surface area contributed by atoms with E-state index in [1.165, 1.54) is 11.6 Å². The van der Waals surface area contributed by atoms with Gasteiger partial charge in [0.15, 0.2) is 0 Å². The average molecular weight is 377 g/mol. The van der Waals surface area contributed by atoms with Crippen molar-refractivity contribution in [2.75, 3.05) is 25.0 Å². The summed E-state index contributed by atoms with van der Waals surface area (Å²) in [6, 6.07) is 11.6. The summed E-state index contributed by atoms with van der Waals surface area (Å²) in [5.74, 6) is 0.988. The van der Waals surface area contributed by atoms with Crippen LogP contribution in [0.15, 0.2) is 49.1 Å². The molecule has 1 aromatic heterocycles. The van der Waals surface area contributed by atoms with E-state index in [1.807, 2.05) is 24.3 Å². The first-order valence-corrected chi connectivity index (χ1v) is 9.59. The number of likely N-dealkylation sites (tertiary alicyclic amines) is 1. The lowest BCUT2D eigenvalue weighted by Crippen LogP contribution is -2.43. The molecule has 1 saturated heterocycles. The number of piperidine rings is 1. The molecule has 0 radical (unpaired) electrons. The molecule has 6 nitrogen and oxygen atoms in total. The molecule has 1 fully saturated rings. The van der Waals surface area contributed by atoms with Crippen LogP contribution in [-0.2, 0) is 16.0 Å². The number of nitrogens with one attached hydrogen (secondary N) is 1. The smallest absolute Gasteiger partial charge is 0.245 e. The van der Waals surface area contributed by atoms with Crippen LogP contribution in [0, 0.1) is 5.92 Å². The van der Waals surface area contributed by atoms with Gasteiger partial charge in [-0.2, -0.15) is 0 Å². The van der Waals surface area contributed by atoms with Crippen LogP contribution in [0.5, 0.6) is 5.75 Å². The Hall–Kier alpha value is -3.15. The van der Waals surface area contributed by atoms with E-state index < -0.39 is 0 Å². The van der Waals surface area contributed by atoms with Crippen molar-refractivity contribution in [3.63, 3.8) is 0 Å². The van der Waals surface area contributed by atoms with Crippen molar-refractivity contribution in [3.05, 3.63) is 54.6 Å². The highest BCUT2D eigenvalue weighted by atomic mass is 16.5. The van der Waals surface area contributed by atoms with Gasteiger partial charge < -0.3 is 15.0 Å². The highest BCUT2D eigenvalue weighted by molar-refractivity contribution is 5.93. The molecule has 6 heteroatoms. The Morgan fingerprint density at radius 2 is 2.18 bits per heavy atom. The summed E-state index contributed by atoms with van der Waals surface area (Å²) >= 11 is 0. The number of amides is 2. The van der Waals surface area contributed by atoms with E-state index in [2.05, 4.69) is 22.9 Å². The predicted molar refractivity (Wildman–Crippen MR) is 107 cm³/mol. The van der Waals surface area contributed by atoms with Gasteiger partial charge in [0.25, 0.3) is 0 Å². The summed E-state index contributed by atoms with van der Waals surface area (Å²) in [6.45, 7) is 5.33. The second-order valence-corrected chi connectivity index (χ2v) is 7.15. The highest BCUT2D eigenvalue weighted by Gasteiger charge is 2.27. The maximum Gasteiger partial charge on any atom is 0.245 e. The van der Waals surface area contributed by atoms with Crippen LogP contribution in [-0.4, -0.2) is 41.4 Å². The van der Waals surface area contributed by atoms with Crippen LogP contribution in [0.25, 0.3) is 11.3 Å². The molecular weight excluding hydrogens is 354 g/mol. The monoisotopic (exact) mass is 377 g/mol. The number of carbonyl (C=O) groups excluding carboxylic acids is 2. The summed E-state index contributed by atoms with van der Waals surface area (Å²) < 4.78 is 5.55. The molecule has 1 N–H and O–H groups in total. The van der Waals surface area contributed by atoms with Crippen LogP contribution in [0.1, 0.15) is 18.4 Å². The van der Waals surface area contributed by atoms with Gasteiger partial charge in [0.2, 0.25) is 11.8 Å². The fourth-order valence-electron chi connectivity index (χ4n) is 3.76. The quantitative estimate of drug-likeness (QED) is 0.832. The molecular formula is C22H23N3O3. The lowest BCUT2D eigenvalue weighted by molar-refractivity contribution is -0.130. The van der Waals surface area contributed by atoms with Gasteiger partial charge >= 0.3 is 0 Å². The topological polar surface area (TPSA) is 71.5 Å². The van der Waals surface area contributed by atoms with Gasteiger partial charge in [-0.3, -0.25) is 9.59 Å². The molecule has 0 aliphatic carbocycles. The van der Waals surface area contributed by atoms with Crippen LogP contribution < -0.4 is 10.1 Å². The Bertz CT molecular complexity index is 925. The molecule has 0 saturated carbocycles. The number of hydrogen-bond donors (Lipinski definition) is 1. The van der Waals surface area contributed by atoms with E-state index in [0.717, 1.165) is 42.9 Å². The van der Waals surface area contributed by atoms with Crippen LogP contribution in [0.2, 0.25) is 0 Å². The van der Waals surface area contributed by atoms with Crippen molar-refractivity contribution in [2.45, 2.75) is 19.3 Å². The number of pyridine rings is 1. The molecule has 28 heavy (non-hydrogen) atoms. The van der Waals surface area contributed by atoms with Gasteiger partial charge in [-0.1, -0.05) is 12.6 Å². The lowest BCUT2D eigenvalue weighted by atomic mass is 9.97. The highest BCUT2D eigenvalue weighted by Crippen LogP contribution is 2.30. The van der Waals surface area contributed by atoms with Gasteiger partial charge in [-0.15, -0.1) is 0 Å². The first-order valence-electron chi connectivity index (χ1n) is 9.59. The number of aromatic nitrogens is 1. The molecule has 2 aliphatic rings. The minimum absolute atomic E-state index is 0.103. The Kier molecular flexibility index (Phi) is 5.10. The number of carbonyl (C=O) groups is 2. The molecule has 0 bridgehead atoms. The third-order valence-corrected chi connectivity index (χ3v) is 5.26. The Balaban J connectivity index is 1.47. The number of nitrogens with zero attached hydrogens (tertiary/aromatic N) is 2. The maximum absolute atomic E-state index is 12.7. The molecule has 0 spiro atoms. The van der Waals surface area contributed by atoms with E-state index in [1.54, 1.807) is 11.0 Å². The molecule has 2 amide bonds. The Morgan fingerprint density at radius 1 is 1.29 bits per heavy atom. The summed E-state index contributed by atoms with van der Waals surface area (Å²) in [6.07, 6.45) is 3.77. The summed E-state index contributed by atoms with van der Waals surface area (Å²) in [5.41, 5.74) is 2.99. The second kappa shape index (κ2) is 7.84. The minimum Gasteiger partial charge on any atom is -0.493 e. The van der Waals surface area contributed by atoms with Gasteiger partial charge in [-0.05, 0) is 54.8 Å². The molecule has 1 atom stereocenters. The number of rotatable bonds is 4. The van der Waals surface area contributed by atoms with Gasteiger partial charge in [0.05, 0.1) is 18.2 Å².